The van der Waals surface area contributed by atoms with E-state index < -0.39 is 0 Å². The Morgan fingerprint density at radius 2 is 2.00 bits per heavy atom. The number of anilines is 1. The maximum Gasteiger partial charge on any atom is 0.308 e. The molecule has 32 heavy (non-hydrogen) atoms. The number of hydrogen-bond acceptors (Lipinski definition) is 5. The van der Waals surface area contributed by atoms with Crippen LogP contribution in [-0.4, -0.2) is 29.3 Å². The standard InChI is InChI=1S/C27H35NO4/c1-17(8-7-11-20-9-5-4-6-10-20)31-22-15-25-27(26(16-22)32-19(3)29)24-14-21(30)12-13-23(24)18(2)28-25/h4-6,9-10,15-18,21,23-24,28,30H,7-8,11-14H2,1-3H3/t17-,18+,21-,23+,24+/m1/s1. The molecule has 0 saturated heterocycles. The van der Waals surface area contributed by atoms with Crippen molar-refractivity contribution < 1.29 is 19.4 Å². The fourth-order valence-corrected chi connectivity index (χ4v) is 5.39. The Morgan fingerprint density at radius 3 is 2.75 bits per heavy atom. The van der Waals surface area contributed by atoms with Crippen LogP contribution in [0.5, 0.6) is 11.5 Å². The Balaban J connectivity index is 1.51. The number of aliphatic hydroxyl groups excluding tert-OH is 1. The molecule has 0 spiro atoms. The molecule has 1 aliphatic heterocycles. The second-order valence-electron chi connectivity index (χ2n) is 9.45. The van der Waals surface area contributed by atoms with Crippen LogP contribution in [-0.2, 0) is 11.2 Å². The van der Waals surface area contributed by atoms with Crippen molar-refractivity contribution in [2.45, 2.75) is 83.5 Å². The van der Waals surface area contributed by atoms with Crippen LogP contribution in [0.4, 0.5) is 5.69 Å². The molecule has 1 saturated carbocycles. The highest BCUT2D eigenvalue weighted by molar-refractivity contribution is 5.73. The molecule has 0 aromatic heterocycles. The van der Waals surface area contributed by atoms with E-state index in [1.54, 1.807) is 0 Å². The topological polar surface area (TPSA) is 67.8 Å². The molecule has 5 atom stereocenters. The Morgan fingerprint density at radius 1 is 1.22 bits per heavy atom. The summed E-state index contributed by atoms with van der Waals surface area (Å²) in [4.78, 5) is 11.9. The summed E-state index contributed by atoms with van der Waals surface area (Å²) in [6.07, 6.45) is 5.25. The van der Waals surface area contributed by atoms with Gasteiger partial charge in [-0.1, -0.05) is 30.3 Å². The SMILES string of the molecule is CC(=O)Oc1cc(O[C@H](C)CCCc2ccccc2)cc2c1[C@H]1C[C@H](O)CC[C@H]1[C@H](C)N2. The number of aryl methyl sites for hydroxylation is 1. The number of rotatable bonds is 7. The Hall–Kier alpha value is -2.53. The van der Waals surface area contributed by atoms with Gasteiger partial charge in [0, 0.05) is 36.3 Å². The number of ether oxygens (including phenoxy) is 2. The van der Waals surface area contributed by atoms with Crippen LogP contribution in [0.25, 0.3) is 0 Å². The van der Waals surface area contributed by atoms with Gasteiger partial charge in [-0.05, 0) is 69.8 Å². The van der Waals surface area contributed by atoms with Crippen molar-refractivity contribution >= 4 is 11.7 Å². The van der Waals surface area contributed by atoms with Gasteiger partial charge in [0.1, 0.15) is 11.5 Å². The van der Waals surface area contributed by atoms with Gasteiger partial charge in [0.15, 0.2) is 0 Å². The van der Waals surface area contributed by atoms with Crippen LogP contribution < -0.4 is 14.8 Å². The summed E-state index contributed by atoms with van der Waals surface area (Å²) in [7, 11) is 0. The molecule has 5 nitrogen and oxygen atoms in total. The predicted octanol–water partition coefficient (Wildman–Crippen LogP) is 5.46. The van der Waals surface area contributed by atoms with Crippen LogP contribution >= 0.6 is 0 Å². The van der Waals surface area contributed by atoms with E-state index in [1.807, 2.05) is 18.2 Å². The number of carbonyl (C=O) groups is 1. The largest absolute Gasteiger partial charge is 0.491 e. The molecule has 2 aromatic rings. The molecule has 4 rings (SSSR count). The number of nitrogens with one attached hydrogen (secondary N) is 1. The van der Waals surface area contributed by atoms with Gasteiger partial charge in [-0.3, -0.25) is 4.79 Å². The Kier molecular flexibility index (Phi) is 7.04. The third-order valence-electron chi connectivity index (χ3n) is 6.90. The van der Waals surface area contributed by atoms with E-state index in [1.165, 1.54) is 12.5 Å². The van der Waals surface area contributed by atoms with E-state index in [4.69, 9.17) is 9.47 Å². The van der Waals surface area contributed by atoms with Crippen molar-refractivity contribution in [2.75, 3.05) is 5.32 Å². The zero-order valence-electron chi connectivity index (χ0n) is 19.3. The Bertz CT molecular complexity index is 929. The van der Waals surface area contributed by atoms with Crippen LogP contribution in [0.3, 0.4) is 0 Å². The molecular weight excluding hydrogens is 402 g/mol. The maximum absolute atomic E-state index is 11.9. The molecule has 2 aliphatic rings. The highest BCUT2D eigenvalue weighted by atomic mass is 16.5. The highest BCUT2D eigenvalue weighted by Crippen LogP contribution is 2.51. The number of hydrogen-bond donors (Lipinski definition) is 2. The van der Waals surface area contributed by atoms with E-state index >= 15 is 0 Å². The van der Waals surface area contributed by atoms with Crippen molar-refractivity contribution in [3.05, 3.63) is 53.6 Å². The fraction of sp³-hybridized carbons (Fsp3) is 0.519. The van der Waals surface area contributed by atoms with E-state index in [0.29, 0.717) is 29.9 Å². The van der Waals surface area contributed by atoms with Crippen molar-refractivity contribution in [2.24, 2.45) is 5.92 Å². The van der Waals surface area contributed by atoms with Gasteiger partial charge in [0.05, 0.1) is 12.2 Å². The summed E-state index contributed by atoms with van der Waals surface area (Å²) in [5.41, 5.74) is 3.30. The summed E-state index contributed by atoms with van der Waals surface area (Å²) in [5, 5.41) is 13.9. The lowest BCUT2D eigenvalue weighted by molar-refractivity contribution is -0.131. The van der Waals surface area contributed by atoms with E-state index in [2.05, 4.69) is 43.4 Å². The third-order valence-corrected chi connectivity index (χ3v) is 6.90. The first kappa shape index (κ1) is 22.7. The number of benzene rings is 2. The number of carbonyl (C=O) groups excluding carboxylic acids is 1. The van der Waals surface area contributed by atoms with Crippen molar-refractivity contribution in [3.8, 4) is 11.5 Å². The van der Waals surface area contributed by atoms with Crippen molar-refractivity contribution in [3.63, 3.8) is 0 Å². The normalized spacial score (nSPS) is 25.1. The highest BCUT2D eigenvalue weighted by Gasteiger charge is 2.41. The van der Waals surface area contributed by atoms with E-state index in [0.717, 1.165) is 43.4 Å². The summed E-state index contributed by atoms with van der Waals surface area (Å²) in [6.45, 7) is 5.71. The molecule has 1 fully saturated rings. The van der Waals surface area contributed by atoms with E-state index in [-0.39, 0.29) is 24.1 Å². The van der Waals surface area contributed by atoms with Gasteiger partial charge in [-0.15, -0.1) is 0 Å². The zero-order chi connectivity index (χ0) is 22.7. The van der Waals surface area contributed by atoms with Gasteiger partial charge >= 0.3 is 5.97 Å². The summed E-state index contributed by atoms with van der Waals surface area (Å²) in [5.74, 6) is 1.53. The van der Waals surface area contributed by atoms with Gasteiger partial charge in [-0.2, -0.15) is 0 Å². The third kappa shape index (κ3) is 5.26. The molecule has 2 N–H and O–H groups in total. The predicted molar refractivity (Wildman–Crippen MR) is 126 cm³/mol. The minimum Gasteiger partial charge on any atom is -0.491 e. The lowest BCUT2D eigenvalue weighted by atomic mass is 9.68. The number of esters is 1. The van der Waals surface area contributed by atoms with Gasteiger partial charge in [0.25, 0.3) is 0 Å². The van der Waals surface area contributed by atoms with Crippen LogP contribution in [0.15, 0.2) is 42.5 Å². The number of fused-ring (bicyclic) bond motifs is 3. The lowest BCUT2D eigenvalue weighted by Crippen LogP contribution is -2.40. The minimum atomic E-state index is -0.341. The maximum atomic E-state index is 11.9. The molecular formula is C27H35NO4. The Labute approximate surface area is 191 Å². The van der Waals surface area contributed by atoms with Crippen molar-refractivity contribution in [1.82, 2.24) is 0 Å². The first-order chi connectivity index (χ1) is 15.4. The van der Waals surface area contributed by atoms with Crippen LogP contribution in [0.2, 0.25) is 0 Å². The van der Waals surface area contributed by atoms with Crippen LogP contribution in [0.1, 0.15) is 69.9 Å². The zero-order valence-corrected chi connectivity index (χ0v) is 19.3. The summed E-state index contributed by atoms with van der Waals surface area (Å²) < 4.78 is 11.9. The van der Waals surface area contributed by atoms with Gasteiger partial charge < -0.3 is 19.9 Å². The van der Waals surface area contributed by atoms with E-state index in [9.17, 15) is 9.90 Å². The van der Waals surface area contributed by atoms with Gasteiger partial charge in [0.2, 0.25) is 0 Å². The molecule has 172 valence electrons. The second-order valence-corrected chi connectivity index (χ2v) is 9.45. The fourth-order valence-electron chi connectivity index (χ4n) is 5.39. The average molecular weight is 438 g/mol. The van der Waals surface area contributed by atoms with Crippen LogP contribution in [0, 0.1) is 5.92 Å². The molecule has 2 aromatic carbocycles. The molecule has 0 amide bonds. The molecule has 1 heterocycles. The first-order valence-electron chi connectivity index (χ1n) is 11.9. The minimum absolute atomic E-state index is 0.0483. The lowest BCUT2D eigenvalue weighted by Gasteiger charge is -2.44. The average Bonchev–Trinajstić information content (AvgIpc) is 2.73. The summed E-state index contributed by atoms with van der Waals surface area (Å²) in [6, 6.07) is 14.7. The summed E-state index contributed by atoms with van der Waals surface area (Å²) >= 11 is 0. The monoisotopic (exact) mass is 437 g/mol. The molecule has 0 unspecified atom stereocenters. The molecule has 0 bridgehead atoms. The van der Waals surface area contributed by atoms with Crippen molar-refractivity contribution in [1.29, 1.82) is 0 Å². The smallest absolute Gasteiger partial charge is 0.308 e. The first-order valence-corrected chi connectivity index (χ1v) is 11.9. The van der Waals surface area contributed by atoms with Gasteiger partial charge in [-0.25, -0.2) is 0 Å². The molecule has 5 heteroatoms. The number of aliphatic hydroxyl groups is 1. The molecule has 1 aliphatic carbocycles. The second kappa shape index (κ2) is 9.95. The quantitative estimate of drug-likeness (QED) is 0.445. The molecule has 0 radical (unpaired) electrons.